The molecule has 7 heteroatoms. The Labute approximate surface area is 215 Å². The molecule has 2 aromatic carbocycles. The molecule has 0 bridgehead atoms. The Balaban J connectivity index is 2.07. The minimum absolute atomic E-state index is 0.0482. The SMILES string of the molecule is CC[C@H](C)[C@H](NC(=O)OCc1ccccc1)C(=O)N(C)[C@H](CCc1cccc(C(=O)OC)c1)C(C)C. The highest BCUT2D eigenvalue weighted by Gasteiger charge is 2.33. The van der Waals surface area contributed by atoms with Gasteiger partial charge < -0.3 is 19.7 Å². The van der Waals surface area contributed by atoms with Crippen molar-refractivity contribution < 1.29 is 23.9 Å². The molecular weight excluding hydrogens is 456 g/mol. The third-order valence-corrected chi connectivity index (χ3v) is 6.66. The van der Waals surface area contributed by atoms with Crippen LogP contribution in [0.4, 0.5) is 4.79 Å². The zero-order valence-corrected chi connectivity index (χ0v) is 22.3. The van der Waals surface area contributed by atoms with E-state index in [1.807, 2.05) is 62.4 Å². The number of benzene rings is 2. The number of nitrogens with one attached hydrogen (secondary N) is 1. The summed E-state index contributed by atoms with van der Waals surface area (Å²) in [7, 11) is 3.16. The number of nitrogens with zero attached hydrogens (tertiary/aromatic N) is 1. The van der Waals surface area contributed by atoms with Gasteiger partial charge in [0.15, 0.2) is 0 Å². The summed E-state index contributed by atoms with van der Waals surface area (Å²) in [5.74, 6) is -0.367. The molecule has 0 saturated heterocycles. The van der Waals surface area contributed by atoms with E-state index >= 15 is 0 Å². The molecule has 7 nitrogen and oxygen atoms in total. The Bertz CT molecular complexity index is 992. The van der Waals surface area contributed by atoms with Crippen molar-refractivity contribution in [1.82, 2.24) is 10.2 Å². The van der Waals surface area contributed by atoms with E-state index in [0.29, 0.717) is 12.0 Å². The molecule has 0 fully saturated rings. The second kappa shape index (κ2) is 14.3. The lowest BCUT2D eigenvalue weighted by atomic mass is 9.92. The molecule has 2 rings (SSSR count). The number of aryl methyl sites for hydroxylation is 1. The largest absolute Gasteiger partial charge is 0.465 e. The summed E-state index contributed by atoms with van der Waals surface area (Å²) in [6.07, 6.45) is 1.55. The van der Waals surface area contributed by atoms with Crippen molar-refractivity contribution in [1.29, 1.82) is 0 Å². The number of carbonyl (C=O) groups excluding carboxylic acids is 3. The summed E-state index contributed by atoms with van der Waals surface area (Å²) in [5.41, 5.74) is 2.40. The molecule has 0 saturated carbocycles. The summed E-state index contributed by atoms with van der Waals surface area (Å²) in [6.45, 7) is 8.26. The third kappa shape index (κ3) is 8.40. The maximum absolute atomic E-state index is 13.6. The number of hydrogen-bond acceptors (Lipinski definition) is 5. The molecule has 1 N–H and O–H groups in total. The van der Waals surface area contributed by atoms with Gasteiger partial charge >= 0.3 is 12.1 Å². The van der Waals surface area contributed by atoms with E-state index in [1.165, 1.54) is 7.11 Å². The lowest BCUT2D eigenvalue weighted by Crippen LogP contribution is -2.54. The van der Waals surface area contributed by atoms with Crippen LogP contribution in [0.15, 0.2) is 54.6 Å². The molecular formula is C29H40N2O5. The molecule has 36 heavy (non-hydrogen) atoms. The lowest BCUT2D eigenvalue weighted by Gasteiger charge is -2.35. The standard InChI is InChI=1S/C29H40N2O5/c1-7-21(4)26(30-29(34)36-19-23-12-9-8-10-13-23)27(32)31(5)25(20(2)3)17-16-22-14-11-15-24(18-22)28(33)35-6/h8-15,18,20-21,25-26H,7,16-17,19H2,1-6H3,(H,30,34)/t21-,25+,26-/m0/s1. The van der Waals surface area contributed by atoms with E-state index < -0.39 is 12.1 Å². The molecule has 2 aromatic rings. The molecule has 0 radical (unpaired) electrons. The molecule has 2 amide bonds. The summed E-state index contributed by atoms with van der Waals surface area (Å²) in [5, 5.41) is 2.81. The number of carbonyl (C=O) groups is 3. The Morgan fingerprint density at radius 3 is 2.25 bits per heavy atom. The van der Waals surface area contributed by atoms with Gasteiger partial charge in [-0.05, 0) is 47.9 Å². The number of rotatable bonds is 12. The second-order valence-corrected chi connectivity index (χ2v) is 9.56. The van der Waals surface area contributed by atoms with Crippen LogP contribution in [-0.2, 0) is 27.3 Å². The van der Waals surface area contributed by atoms with Gasteiger partial charge in [-0.15, -0.1) is 0 Å². The van der Waals surface area contributed by atoms with Crippen molar-refractivity contribution >= 4 is 18.0 Å². The Kier molecular flexibility index (Phi) is 11.4. The molecule has 196 valence electrons. The maximum atomic E-state index is 13.6. The van der Waals surface area contributed by atoms with Crippen LogP contribution >= 0.6 is 0 Å². The Morgan fingerprint density at radius 1 is 0.972 bits per heavy atom. The zero-order chi connectivity index (χ0) is 26.7. The van der Waals surface area contributed by atoms with Crippen molar-refractivity contribution in [2.24, 2.45) is 11.8 Å². The highest BCUT2D eigenvalue weighted by molar-refractivity contribution is 5.89. The average Bonchev–Trinajstić information content (AvgIpc) is 2.89. The van der Waals surface area contributed by atoms with Crippen LogP contribution in [0, 0.1) is 11.8 Å². The van der Waals surface area contributed by atoms with Crippen LogP contribution in [0.3, 0.4) is 0 Å². The average molecular weight is 497 g/mol. The Hall–Kier alpha value is -3.35. The van der Waals surface area contributed by atoms with E-state index in [9.17, 15) is 14.4 Å². The first-order valence-corrected chi connectivity index (χ1v) is 12.6. The third-order valence-electron chi connectivity index (χ3n) is 6.66. The molecule has 0 aliphatic carbocycles. The molecule has 0 heterocycles. The molecule has 0 aliphatic heterocycles. The summed E-state index contributed by atoms with van der Waals surface area (Å²) >= 11 is 0. The first-order chi connectivity index (χ1) is 17.2. The Morgan fingerprint density at radius 2 is 1.64 bits per heavy atom. The van der Waals surface area contributed by atoms with E-state index in [4.69, 9.17) is 9.47 Å². The number of alkyl carbamates (subject to hydrolysis) is 1. The predicted octanol–water partition coefficient (Wildman–Crippen LogP) is 5.23. The van der Waals surface area contributed by atoms with E-state index in [-0.39, 0.29) is 36.4 Å². The van der Waals surface area contributed by atoms with Gasteiger partial charge in [0, 0.05) is 13.1 Å². The smallest absolute Gasteiger partial charge is 0.408 e. The molecule has 3 atom stereocenters. The fourth-order valence-electron chi connectivity index (χ4n) is 4.22. The van der Waals surface area contributed by atoms with E-state index in [1.54, 1.807) is 18.0 Å². The van der Waals surface area contributed by atoms with Crippen molar-refractivity contribution in [2.45, 2.75) is 65.6 Å². The minimum atomic E-state index is -0.688. The van der Waals surface area contributed by atoms with Gasteiger partial charge in [-0.2, -0.15) is 0 Å². The van der Waals surface area contributed by atoms with Crippen molar-refractivity contribution in [3.05, 3.63) is 71.3 Å². The molecule has 0 aromatic heterocycles. The summed E-state index contributed by atoms with van der Waals surface area (Å²) in [4.78, 5) is 39.8. The number of amides is 2. The number of hydrogen-bond donors (Lipinski definition) is 1. The van der Waals surface area contributed by atoms with E-state index in [0.717, 1.165) is 24.0 Å². The normalized spacial score (nSPS) is 13.4. The minimum Gasteiger partial charge on any atom is -0.465 e. The van der Waals surface area contributed by atoms with Crippen LogP contribution in [0.5, 0.6) is 0 Å². The maximum Gasteiger partial charge on any atom is 0.408 e. The van der Waals surface area contributed by atoms with Crippen LogP contribution in [0.2, 0.25) is 0 Å². The molecule has 0 aliphatic rings. The molecule has 0 spiro atoms. The fourth-order valence-corrected chi connectivity index (χ4v) is 4.22. The van der Waals surface area contributed by atoms with Gasteiger partial charge in [0.05, 0.1) is 12.7 Å². The van der Waals surface area contributed by atoms with Gasteiger partial charge in [-0.25, -0.2) is 9.59 Å². The number of esters is 1. The van der Waals surface area contributed by atoms with Gasteiger partial charge in [0.1, 0.15) is 12.6 Å². The van der Waals surface area contributed by atoms with Gasteiger partial charge in [-0.3, -0.25) is 4.79 Å². The van der Waals surface area contributed by atoms with Crippen LogP contribution in [0.25, 0.3) is 0 Å². The number of likely N-dealkylation sites (N-methyl/N-ethyl adjacent to an activating group) is 1. The fraction of sp³-hybridized carbons (Fsp3) is 0.483. The topological polar surface area (TPSA) is 84.9 Å². The lowest BCUT2D eigenvalue weighted by molar-refractivity contribution is -0.136. The molecule has 0 unspecified atom stereocenters. The number of methoxy groups -OCH3 is 1. The highest BCUT2D eigenvalue weighted by atomic mass is 16.5. The van der Waals surface area contributed by atoms with Crippen LogP contribution in [-0.4, -0.2) is 49.1 Å². The van der Waals surface area contributed by atoms with Crippen LogP contribution in [0.1, 0.15) is 62.0 Å². The van der Waals surface area contributed by atoms with Crippen molar-refractivity contribution in [2.75, 3.05) is 14.2 Å². The van der Waals surface area contributed by atoms with Crippen molar-refractivity contribution in [3.8, 4) is 0 Å². The zero-order valence-electron chi connectivity index (χ0n) is 22.3. The summed E-state index contributed by atoms with van der Waals surface area (Å²) < 4.78 is 10.2. The van der Waals surface area contributed by atoms with Crippen LogP contribution < -0.4 is 5.32 Å². The summed E-state index contributed by atoms with van der Waals surface area (Å²) in [6, 6.07) is 16.1. The monoisotopic (exact) mass is 496 g/mol. The highest BCUT2D eigenvalue weighted by Crippen LogP contribution is 2.20. The number of ether oxygens (including phenoxy) is 2. The van der Waals surface area contributed by atoms with E-state index in [2.05, 4.69) is 19.2 Å². The second-order valence-electron chi connectivity index (χ2n) is 9.56. The first-order valence-electron chi connectivity index (χ1n) is 12.6. The van der Waals surface area contributed by atoms with Gasteiger partial charge in [0.2, 0.25) is 5.91 Å². The van der Waals surface area contributed by atoms with Crippen molar-refractivity contribution in [3.63, 3.8) is 0 Å². The quantitative estimate of drug-likeness (QED) is 0.407. The predicted molar refractivity (Wildman–Crippen MR) is 141 cm³/mol. The first kappa shape index (κ1) is 28.9. The van der Waals surface area contributed by atoms with Gasteiger partial charge in [0.25, 0.3) is 0 Å². The van der Waals surface area contributed by atoms with Gasteiger partial charge in [-0.1, -0.05) is 76.6 Å².